The molecular formula is C21H26N2O3. The SMILES string of the molecule is CCOC(=O)c1cc(NCc2ccc(C)cc2)ccc1N1CCOCC1. The molecule has 0 atom stereocenters. The molecule has 0 unspecified atom stereocenters. The molecule has 0 saturated carbocycles. The Kier molecular flexibility index (Phi) is 6.12. The Labute approximate surface area is 154 Å². The lowest BCUT2D eigenvalue weighted by Gasteiger charge is -2.30. The minimum Gasteiger partial charge on any atom is -0.462 e. The minimum absolute atomic E-state index is 0.284. The summed E-state index contributed by atoms with van der Waals surface area (Å²) in [5.74, 6) is -0.284. The number of aryl methyl sites for hydroxylation is 1. The summed E-state index contributed by atoms with van der Waals surface area (Å²) in [5.41, 5.74) is 4.86. The van der Waals surface area contributed by atoms with Crippen LogP contribution in [0.4, 0.5) is 11.4 Å². The first-order chi connectivity index (χ1) is 12.7. The van der Waals surface area contributed by atoms with E-state index in [0.29, 0.717) is 31.9 Å². The maximum atomic E-state index is 12.5. The van der Waals surface area contributed by atoms with Crippen molar-refractivity contribution in [1.29, 1.82) is 0 Å². The molecule has 5 nitrogen and oxygen atoms in total. The molecule has 0 aromatic heterocycles. The first-order valence-electron chi connectivity index (χ1n) is 9.10. The van der Waals surface area contributed by atoms with Crippen LogP contribution in [-0.2, 0) is 16.0 Å². The second-order valence-corrected chi connectivity index (χ2v) is 6.39. The molecular weight excluding hydrogens is 328 g/mol. The lowest BCUT2D eigenvalue weighted by atomic mass is 10.1. The van der Waals surface area contributed by atoms with Gasteiger partial charge in [-0.3, -0.25) is 0 Å². The Bertz CT molecular complexity index is 737. The van der Waals surface area contributed by atoms with Gasteiger partial charge in [0.15, 0.2) is 0 Å². The summed E-state index contributed by atoms with van der Waals surface area (Å²) in [6, 6.07) is 14.3. The molecule has 2 aromatic rings. The van der Waals surface area contributed by atoms with Gasteiger partial charge in [0.1, 0.15) is 0 Å². The Morgan fingerprint density at radius 1 is 1.15 bits per heavy atom. The number of morpholine rings is 1. The van der Waals surface area contributed by atoms with Crippen LogP contribution >= 0.6 is 0 Å². The van der Waals surface area contributed by atoms with Crippen LogP contribution in [0.3, 0.4) is 0 Å². The highest BCUT2D eigenvalue weighted by Gasteiger charge is 2.20. The van der Waals surface area contributed by atoms with Crippen molar-refractivity contribution in [2.75, 3.05) is 43.1 Å². The van der Waals surface area contributed by atoms with Crippen LogP contribution in [0.1, 0.15) is 28.4 Å². The molecule has 0 radical (unpaired) electrons. The summed E-state index contributed by atoms with van der Waals surface area (Å²) < 4.78 is 10.7. The van der Waals surface area contributed by atoms with E-state index in [1.165, 1.54) is 11.1 Å². The van der Waals surface area contributed by atoms with Gasteiger partial charge in [-0.15, -0.1) is 0 Å². The first kappa shape index (κ1) is 18.3. The van der Waals surface area contributed by atoms with Gasteiger partial charge in [-0.2, -0.15) is 0 Å². The van der Waals surface area contributed by atoms with Gasteiger partial charge in [-0.25, -0.2) is 4.79 Å². The average Bonchev–Trinajstić information content (AvgIpc) is 2.68. The van der Waals surface area contributed by atoms with Gasteiger partial charge in [-0.1, -0.05) is 29.8 Å². The van der Waals surface area contributed by atoms with E-state index in [9.17, 15) is 4.79 Å². The molecule has 1 aliphatic rings. The van der Waals surface area contributed by atoms with Crippen molar-refractivity contribution >= 4 is 17.3 Å². The highest BCUT2D eigenvalue weighted by molar-refractivity contribution is 5.97. The number of hydrogen-bond donors (Lipinski definition) is 1. The highest BCUT2D eigenvalue weighted by Crippen LogP contribution is 2.26. The van der Waals surface area contributed by atoms with Gasteiger partial charge >= 0.3 is 5.97 Å². The fraction of sp³-hybridized carbons (Fsp3) is 0.381. The normalized spacial score (nSPS) is 14.2. The fourth-order valence-corrected chi connectivity index (χ4v) is 3.01. The summed E-state index contributed by atoms with van der Waals surface area (Å²) in [5, 5.41) is 3.40. The van der Waals surface area contributed by atoms with Crippen LogP contribution in [0.25, 0.3) is 0 Å². The largest absolute Gasteiger partial charge is 0.462 e. The molecule has 26 heavy (non-hydrogen) atoms. The molecule has 0 spiro atoms. The number of ether oxygens (including phenoxy) is 2. The summed E-state index contributed by atoms with van der Waals surface area (Å²) in [4.78, 5) is 14.6. The number of nitrogens with zero attached hydrogens (tertiary/aromatic N) is 1. The van der Waals surface area contributed by atoms with Crippen LogP contribution in [0.15, 0.2) is 42.5 Å². The monoisotopic (exact) mass is 354 g/mol. The second-order valence-electron chi connectivity index (χ2n) is 6.39. The number of nitrogens with one attached hydrogen (secondary N) is 1. The third kappa shape index (κ3) is 4.55. The molecule has 1 heterocycles. The van der Waals surface area contributed by atoms with Gasteiger partial charge in [0, 0.05) is 25.3 Å². The van der Waals surface area contributed by atoms with E-state index >= 15 is 0 Å². The van der Waals surface area contributed by atoms with Crippen molar-refractivity contribution in [1.82, 2.24) is 0 Å². The van der Waals surface area contributed by atoms with E-state index in [0.717, 1.165) is 24.5 Å². The maximum absolute atomic E-state index is 12.5. The van der Waals surface area contributed by atoms with Gasteiger partial charge in [-0.05, 0) is 37.6 Å². The first-order valence-corrected chi connectivity index (χ1v) is 9.10. The molecule has 0 aliphatic carbocycles. The second kappa shape index (κ2) is 8.72. The Balaban J connectivity index is 1.79. The number of hydrogen-bond acceptors (Lipinski definition) is 5. The van der Waals surface area contributed by atoms with Crippen LogP contribution < -0.4 is 10.2 Å². The number of carbonyl (C=O) groups is 1. The number of benzene rings is 2. The molecule has 1 fully saturated rings. The lowest BCUT2D eigenvalue weighted by Crippen LogP contribution is -2.37. The third-order valence-corrected chi connectivity index (χ3v) is 4.46. The van der Waals surface area contributed by atoms with E-state index in [1.807, 2.05) is 25.1 Å². The third-order valence-electron chi connectivity index (χ3n) is 4.46. The molecule has 3 rings (SSSR count). The van der Waals surface area contributed by atoms with Gasteiger partial charge in [0.25, 0.3) is 0 Å². The number of rotatable bonds is 6. The van der Waals surface area contributed by atoms with Gasteiger partial charge in [0.2, 0.25) is 0 Å². The molecule has 0 bridgehead atoms. The minimum atomic E-state index is -0.284. The topological polar surface area (TPSA) is 50.8 Å². The van der Waals surface area contributed by atoms with Crippen molar-refractivity contribution in [2.45, 2.75) is 20.4 Å². The number of esters is 1. The zero-order valence-electron chi connectivity index (χ0n) is 15.5. The fourth-order valence-electron chi connectivity index (χ4n) is 3.01. The van der Waals surface area contributed by atoms with Crippen LogP contribution in [-0.4, -0.2) is 38.9 Å². The van der Waals surface area contributed by atoms with Crippen LogP contribution in [0, 0.1) is 6.92 Å². The van der Waals surface area contributed by atoms with Crippen molar-refractivity contribution < 1.29 is 14.3 Å². The standard InChI is InChI=1S/C21H26N2O3/c1-3-26-21(24)19-14-18(22-15-17-6-4-16(2)5-7-17)8-9-20(19)23-10-12-25-13-11-23/h4-9,14,22H,3,10-13,15H2,1-2H3. The van der Waals surface area contributed by atoms with E-state index in [-0.39, 0.29) is 5.97 Å². The Hall–Kier alpha value is -2.53. The molecule has 2 aromatic carbocycles. The summed E-state index contributed by atoms with van der Waals surface area (Å²) >= 11 is 0. The molecule has 0 amide bonds. The predicted molar refractivity (Wildman–Crippen MR) is 104 cm³/mol. The number of anilines is 2. The molecule has 138 valence electrons. The summed E-state index contributed by atoms with van der Waals surface area (Å²) in [7, 11) is 0. The van der Waals surface area contributed by atoms with Crippen LogP contribution in [0.2, 0.25) is 0 Å². The average molecular weight is 354 g/mol. The van der Waals surface area contributed by atoms with Gasteiger partial charge in [0.05, 0.1) is 31.1 Å². The summed E-state index contributed by atoms with van der Waals surface area (Å²) in [6.07, 6.45) is 0. The van der Waals surface area contributed by atoms with Crippen molar-refractivity contribution in [3.05, 3.63) is 59.2 Å². The molecule has 1 saturated heterocycles. The molecule has 1 aliphatic heterocycles. The maximum Gasteiger partial charge on any atom is 0.340 e. The zero-order valence-corrected chi connectivity index (χ0v) is 15.5. The van der Waals surface area contributed by atoms with Crippen molar-refractivity contribution in [3.8, 4) is 0 Å². The van der Waals surface area contributed by atoms with Crippen molar-refractivity contribution in [3.63, 3.8) is 0 Å². The lowest BCUT2D eigenvalue weighted by molar-refractivity contribution is 0.0526. The van der Waals surface area contributed by atoms with E-state index < -0.39 is 0 Å². The highest BCUT2D eigenvalue weighted by atomic mass is 16.5. The Morgan fingerprint density at radius 3 is 2.58 bits per heavy atom. The number of carbonyl (C=O) groups excluding carboxylic acids is 1. The predicted octanol–water partition coefficient (Wildman–Crippen LogP) is 3.62. The molecule has 1 N–H and O–H groups in total. The van der Waals surface area contributed by atoms with E-state index in [4.69, 9.17) is 9.47 Å². The Morgan fingerprint density at radius 2 is 1.88 bits per heavy atom. The quantitative estimate of drug-likeness (QED) is 0.803. The molecule has 5 heteroatoms. The van der Waals surface area contributed by atoms with E-state index in [1.54, 1.807) is 0 Å². The smallest absolute Gasteiger partial charge is 0.340 e. The van der Waals surface area contributed by atoms with Crippen molar-refractivity contribution in [2.24, 2.45) is 0 Å². The van der Waals surface area contributed by atoms with E-state index in [2.05, 4.69) is 41.4 Å². The van der Waals surface area contributed by atoms with Crippen LogP contribution in [0.5, 0.6) is 0 Å². The van der Waals surface area contributed by atoms with Gasteiger partial charge < -0.3 is 19.7 Å². The summed E-state index contributed by atoms with van der Waals surface area (Å²) in [6.45, 7) is 7.89. The zero-order chi connectivity index (χ0) is 18.4.